The van der Waals surface area contributed by atoms with Gasteiger partial charge >= 0.3 is 0 Å². The molecule has 23 heavy (non-hydrogen) atoms. The van der Waals surface area contributed by atoms with Crippen LogP contribution in [0, 0.1) is 17.2 Å². The first-order valence-electron chi connectivity index (χ1n) is 7.91. The quantitative estimate of drug-likeness (QED) is 0.942. The second-order valence-electron chi connectivity index (χ2n) is 6.19. The van der Waals surface area contributed by atoms with E-state index in [1.165, 1.54) is 0 Å². The summed E-state index contributed by atoms with van der Waals surface area (Å²) in [6.45, 7) is 3.58. The van der Waals surface area contributed by atoms with E-state index in [0.29, 0.717) is 12.5 Å². The van der Waals surface area contributed by atoms with Gasteiger partial charge in [-0.3, -0.25) is 4.79 Å². The Morgan fingerprint density at radius 2 is 2.39 bits per heavy atom. The summed E-state index contributed by atoms with van der Waals surface area (Å²) < 4.78 is 0. The van der Waals surface area contributed by atoms with Crippen LogP contribution in [0.25, 0.3) is 10.9 Å². The molecule has 1 aliphatic heterocycles. The maximum Gasteiger partial charge on any atom is 0.236 e. The van der Waals surface area contributed by atoms with E-state index in [2.05, 4.69) is 21.8 Å². The zero-order chi connectivity index (χ0) is 16.4. The van der Waals surface area contributed by atoms with Crippen LogP contribution in [0.4, 0.5) is 5.82 Å². The molecule has 6 nitrogen and oxygen atoms in total. The summed E-state index contributed by atoms with van der Waals surface area (Å²) in [5.74, 6) is 1.31. The van der Waals surface area contributed by atoms with Gasteiger partial charge in [-0.05, 0) is 24.5 Å². The van der Waals surface area contributed by atoms with Gasteiger partial charge in [-0.1, -0.05) is 6.92 Å². The van der Waals surface area contributed by atoms with Crippen molar-refractivity contribution < 1.29 is 4.79 Å². The van der Waals surface area contributed by atoms with Crippen molar-refractivity contribution in [2.75, 3.05) is 25.0 Å². The van der Waals surface area contributed by atoms with Crippen molar-refractivity contribution in [3.63, 3.8) is 0 Å². The minimum atomic E-state index is -0.0781. The average molecular weight is 311 g/mol. The molecule has 2 unspecified atom stereocenters. The lowest BCUT2D eigenvalue weighted by Gasteiger charge is -2.42. The number of aromatic nitrogens is 2. The van der Waals surface area contributed by atoms with E-state index in [0.717, 1.165) is 29.7 Å². The Morgan fingerprint density at radius 1 is 1.57 bits per heavy atom. The smallest absolute Gasteiger partial charge is 0.236 e. The number of piperidine rings is 1. The van der Waals surface area contributed by atoms with Gasteiger partial charge in [0.15, 0.2) is 0 Å². The number of carbonyl (C=O) groups excluding carboxylic acids is 1. The number of aromatic amines is 1. The molecule has 0 spiro atoms. The fourth-order valence-electron chi connectivity index (χ4n) is 3.36. The van der Waals surface area contributed by atoms with Gasteiger partial charge in [-0.25, -0.2) is 4.98 Å². The minimum absolute atomic E-state index is 0.0452. The Hall–Kier alpha value is -2.55. The van der Waals surface area contributed by atoms with Gasteiger partial charge in [0, 0.05) is 37.9 Å². The predicted molar refractivity (Wildman–Crippen MR) is 88.9 cm³/mol. The summed E-state index contributed by atoms with van der Waals surface area (Å²) in [5.41, 5.74) is 1.06. The summed E-state index contributed by atoms with van der Waals surface area (Å²) in [6, 6.07) is 6.13. The predicted octanol–water partition coefficient (Wildman–Crippen LogP) is 2.15. The maximum atomic E-state index is 12.0. The molecule has 0 bridgehead atoms. The van der Waals surface area contributed by atoms with Crippen molar-refractivity contribution >= 4 is 22.6 Å². The number of H-pyrrole nitrogens is 1. The van der Waals surface area contributed by atoms with Crippen molar-refractivity contribution in [3.8, 4) is 6.07 Å². The first-order valence-corrected chi connectivity index (χ1v) is 7.91. The second-order valence-corrected chi connectivity index (χ2v) is 6.19. The number of carbonyl (C=O) groups is 1. The zero-order valence-corrected chi connectivity index (χ0v) is 13.5. The van der Waals surface area contributed by atoms with E-state index in [-0.39, 0.29) is 18.4 Å². The van der Waals surface area contributed by atoms with Gasteiger partial charge in [0.05, 0.1) is 17.6 Å². The summed E-state index contributed by atoms with van der Waals surface area (Å²) in [5, 5.41) is 9.83. The highest BCUT2D eigenvalue weighted by Crippen LogP contribution is 2.29. The standard InChI is InChI=1S/C17H21N5O/c1-12-6-10-22(16(23)3-7-18)11-15(12)21(2)17-13-4-8-19-14(13)5-9-20-17/h4-5,8-9,12,15,19H,3,6,10-11H2,1-2H3. The summed E-state index contributed by atoms with van der Waals surface area (Å²) >= 11 is 0. The number of nitriles is 1. The van der Waals surface area contributed by atoms with Gasteiger partial charge in [0.1, 0.15) is 12.2 Å². The van der Waals surface area contributed by atoms with Crippen LogP contribution in [0.2, 0.25) is 0 Å². The molecule has 2 aromatic rings. The number of pyridine rings is 1. The van der Waals surface area contributed by atoms with Gasteiger partial charge in [-0.2, -0.15) is 5.26 Å². The molecule has 0 aromatic carbocycles. The number of likely N-dealkylation sites (N-methyl/N-ethyl adjacent to an activating group) is 1. The lowest BCUT2D eigenvalue weighted by Crippen LogP contribution is -2.52. The molecule has 0 radical (unpaired) electrons. The third-order valence-corrected chi connectivity index (χ3v) is 4.79. The van der Waals surface area contributed by atoms with Crippen LogP contribution in [0.5, 0.6) is 0 Å². The Kier molecular flexibility index (Phi) is 4.20. The molecule has 0 aliphatic carbocycles. The monoisotopic (exact) mass is 311 g/mol. The van der Waals surface area contributed by atoms with Crippen LogP contribution in [0.3, 0.4) is 0 Å². The normalized spacial score (nSPS) is 21.2. The molecule has 3 heterocycles. The van der Waals surface area contributed by atoms with E-state index >= 15 is 0 Å². The Morgan fingerprint density at radius 3 is 3.17 bits per heavy atom. The van der Waals surface area contributed by atoms with E-state index < -0.39 is 0 Å². The molecule has 3 rings (SSSR count). The lowest BCUT2D eigenvalue weighted by molar-refractivity contribution is -0.131. The van der Waals surface area contributed by atoms with E-state index in [9.17, 15) is 4.79 Å². The molecule has 2 atom stereocenters. The van der Waals surface area contributed by atoms with Crippen molar-refractivity contribution in [1.82, 2.24) is 14.9 Å². The number of amides is 1. The third kappa shape index (κ3) is 2.87. The molecular formula is C17H21N5O. The average Bonchev–Trinajstić information content (AvgIpc) is 3.03. The van der Waals surface area contributed by atoms with E-state index in [4.69, 9.17) is 5.26 Å². The largest absolute Gasteiger partial charge is 0.361 e. The minimum Gasteiger partial charge on any atom is -0.361 e. The number of anilines is 1. The highest BCUT2D eigenvalue weighted by molar-refractivity contribution is 5.90. The molecular weight excluding hydrogens is 290 g/mol. The highest BCUT2D eigenvalue weighted by atomic mass is 16.2. The molecule has 1 aliphatic rings. The van der Waals surface area contributed by atoms with Gasteiger partial charge in [0.2, 0.25) is 5.91 Å². The Bertz CT molecular complexity index is 747. The maximum absolute atomic E-state index is 12.0. The van der Waals surface area contributed by atoms with E-state index in [1.807, 2.05) is 36.3 Å². The van der Waals surface area contributed by atoms with Crippen LogP contribution in [0.15, 0.2) is 24.5 Å². The molecule has 2 aromatic heterocycles. The van der Waals surface area contributed by atoms with Crippen LogP contribution >= 0.6 is 0 Å². The second kappa shape index (κ2) is 6.29. The summed E-state index contributed by atoms with van der Waals surface area (Å²) in [7, 11) is 2.04. The van der Waals surface area contributed by atoms with Crippen LogP contribution < -0.4 is 4.90 Å². The SMILES string of the molecule is CC1CCN(C(=O)CC#N)CC1N(C)c1nccc2[nH]ccc12. The molecule has 1 amide bonds. The fraction of sp³-hybridized carbons (Fsp3) is 0.471. The van der Waals surface area contributed by atoms with Crippen molar-refractivity contribution in [3.05, 3.63) is 24.5 Å². The van der Waals surface area contributed by atoms with Gasteiger partial charge in [-0.15, -0.1) is 0 Å². The van der Waals surface area contributed by atoms with Gasteiger partial charge in [0.25, 0.3) is 0 Å². The van der Waals surface area contributed by atoms with Gasteiger partial charge < -0.3 is 14.8 Å². The number of hydrogen-bond acceptors (Lipinski definition) is 4. The number of likely N-dealkylation sites (tertiary alicyclic amines) is 1. The summed E-state index contributed by atoms with van der Waals surface area (Å²) in [4.78, 5) is 23.8. The number of hydrogen-bond donors (Lipinski definition) is 1. The molecule has 0 saturated carbocycles. The van der Waals surface area contributed by atoms with Crippen LogP contribution in [-0.2, 0) is 4.79 Å². The highest BCUT2D eigenvalue weighted by Gasteiger charge is 2.32. The molecule has 1 saturated heterocycles. The van der Waals surface area contributed by atoms with E-state index in [1.54, 1.807) is 6.20 Å². The number of nitrogens with one attached hydrogen (secondary N) is 1. The van der Waals surface area contributed by atoms with Crippen molar-refractivity contribution in [2.45, 2.75) is 25.8 Å². The summed E-state index contributed by atoms with van der Waals surface area (Å²) in [6.07, 6.45) is 4.61. The first kappa shape index (κ1) is 15.3. The lowest BCUT2D eigenvalue weighted by atomic mass is 9.92. The van der Waals surface area contributed by atoms with Crippen LogP contribution in [-0.4, -0.2) is 47.0 Å². The Balaban J connectivity index is 1.85. The molecule has 1 N–H and O–H groups in total. The molecule has 1 fully saturated rings. The van der Waals surface area contributed by atoms with Crippen molar-refractivity contribution in [1.29, 1.82) is 5.26 Å². The van der Waals surface area contributed by atoms with Crippen molar-refractivity contribution in [2.24, 2.45) is 5.92 Å². The number of fused-ring (bicyclic) bond motifs is 1. The number of rotatable bonds is 3. The first-order chi connectivity index (χ1) is 11.1. The third-order valence-electron chi connectivity index (χ3n) is 4.79. The van der Waals surface area contributed by atoms with Crippen LogP contribution in [0.1, 0.15) is 19.8 Å². The Labute approximate surface area is 135 Å². The molecule has 120 valence electrons. The fourth-order valence-corrected chi connectivity index (χ4v) is 3.36. The number of nitrogens with zero attached hydrogens (tertiary/aromatic N) is 4. The molecule has 6 heteroatoms. The zero-order valence-electron chi connectivity index (χ0n) is 13.5. The topological polar surface area (TPSA) is 76.0 Å².